The molecule has 0 unspecified atom stereocenters. The fourth-order valence-electron chi connectivity index (χ4n) is 0.753. The summed E-state index contributed by atoms with van der Waals surface area (Å²) in [4.78, 5) is 1.23. The lowest BCUT2D eigenvalue weighted by atomic mass is 10.4. The monoisotopic (exact) mass is 200 g/mol. The van der Waals surface area contributed by atoms with Crippen LogP contribution in [0.25, 0.3) is 0 Å². The summed E-state index contributed by atoms with van der Waals surface area (Å²) in [5.41, 5.74) is 5.11. The van der Waals surface area contributed by atoms with Crippen LogP contribution in [0.2, 0.25) is 0 Å². The summed E-state index contributed by atoms with van der Waals surface area (Å²) in [6.07, 6.45) is -4.18. The Morgan fingerprint density at radius 3 is 2.25 bits per heavy atom. The smallest absolute Gasteiger partial charge is 0.392 e. The van der Waals surface area contributed by atoms with Gasteiger partial charge in [-0.1, -0.05) is 19.1 Å². The third-order valence-electron chi connectivity index (χ3n) is 1.23. The van der Waals surface area contributed by atoms with Crippen molar-refractivity contribution in [1.82, 2.24) is 4.90 Å². The Labute approximate surface area is 74.5 Å². The summed E-state index contributed by atoms with van der Waals surface area (Å²) >= 11 is 4.50. The van der Waals surface area contributed by atoms with Crippen LogP contribution in [0, 0.1) is 0 Å². The Hall–Kier alpha value is -0.360. The van der Waals surface area contributed by atoms with Crippen LogP contribution in [0.4, 0.5) is 13.2 Å². The lowest BCUT2D eigenvalue weighted by Crippen LogP contribution is -2.39. The molecule has 6 heteroatoms. The normalized spacial score (nSPS) is 12.1. The number of rotatable bonds is 4. The highest BCUT2D eigenvalue weighted by atomic mass is 32.1. The second kappa shape index (κ2) is 4.61. The highest BCUT2D eigenvalue weighted by molar-refractivity contribution is 7.80. The van der Waals surface area contributed by atoms with Crippen molar-refractivity contribution in [2.75, 3.05) is 19.6 Å². The summed E-state index contributed by atoms with van der Waals surface area (Å²) in [5.74, 6) is 0. The van der Waals surface area contributed by atoms with E-state index in [1.165, 1.54) is 0 Å². The standard InChI is InChI=1S/C6H11F3N2S/c1-2-11(3-5(10)12)4-6(7,8)9/h2-4H2,1H3,(H2,10,12). The van der Waals surface area contributed by atoms with Gasteiger partial charge in [-0.25, -0.2) is 0 Å². The number of nitrogens with zero attached hydrogens (tertiary/aromatic N) is 1. The highest BCUT2D eigenvalue weighted by Gasteiger charge is 2.29. The number of alkyl halides is 3. The summed E-state index contributed by atoms with van der Waals surface area (Å²) in [6, 6.07) is 0. The first-order chi connectivity index (χ1) is 5.35. The first kappa shape index (κ1) is 11.6. The van der Waals surface area contributed by atoms with Gasteiger partial charge in [0.2, 0.25) is 0 Å². The van der Waals surface area contributed by atoms with Crippen molar-refractivity contribution in [3.8, 4) is 0 Å². The minimum Gasteiger partial charge on any atom is -0.392 e. The quantitative estimate of drug-likeness (QED) is 0.690. The Kier molecular flexibility index (Phi) is 4.47. The highest BCUT2D eigenvalue weighted by Crippen LogP contribution is 2.15. The first-order valence-electron chi connectivity index (χ1n) is 3.42. The summed E-state index contributed by atoms with van der Waals surface area (Å²) in [5, 5.41) is 0. The average molecular weight is 200 g/mol. The van der Waals surface area contributed by atoms with E-state index < -0.39 is 12.7 Å². The maximum Gasteiger partial charge on any atom is 0.401 e. The van der Waals surface area contributed by atoms with Crippen molar-refractivity contribution in [2.45, 2.75) is 13.1 Å². The number of thiocarbonyl (C=S) groups is 1. The summed E-state index contributed by atoms with van der Waals surface area (Å²) in [6.45, 7) is 0.979. The molecule has 0 saturated carbocycles. The second-order valence-corrected chi connectivity index (χ2v) is 2.91. The van der Waals surface area contributed by atoms with Gasteiger partial charge >= 0.3 is 6.18 Å². The van der Waals surface area contributed by atoms with Crippen LogP contribution in [-0.2, 0) is 0 Å². The minimum atomic E-state index is -4.18. The van der Waals surface area contributed by atoms with Crippen molar-refractivity contribution in [3.05, 3.63) is 0 Å². The van der Waals surface area contributed by atoms with Crippen molar-refractivity contribution in [1.29, 1.82) is 0 Å². The van der Waals surface area contributed by atoms with E-state index in [0.717, 1.165) is 4.90 Å². The van der Waals surface area contributed by atoms with E-state index in [9.17, 15) is 13.2 Å². The third-order valence-corrected chi connectivity index (χ3v) is 1.36. The maximum absolute atomic E-state index is 11.8. The number of nitrogens with two attached hydrogens (primary N) is 1. The van der Waals surface area contributed by atoms with Crippen molar-refractivity contribution < 1.29 is 13.2 Å². The van der Waals surface area contributed by atoms with Crippen LogP contribution in [0.15, 0.2) is 0 Å². The Balaban J connectivity index is 3.92. The minimum absolute atomic E-state index is 0.0192. The molecule has 0 atom stereocenters. The molecule has 0 saturated heterocycles. The molecular weight excluding hydrogens is 189 g/mol. The van der Waals surface area contributed by atoms with Crippen LogP contribution < -0.4 is 5.73 Å². The zero-order valence-corrected chi connectivity index (χ0v) is 7.50. The predicted octanol–water partition coefficient (Wildman–Crippen LogP) is 1.16. The van der Waals surface area contributed by atoms with Gasteiger partial charge in [0.05, 0.1) is 11.5 Å². The van der Waals surface area contributed by atoms with E-state index in [1.807, 2.05) is 0 Å². The molecule has 0 aromatic heterocycles. The molecule has 0 aliphatic rings. The molecule has 0 spiro atoms. The van der Waals surface area contributed by atoms with Crippen LogP contribution in [0.5, 0.6) is 0 Å². The van der Waals surface area contributed by atoms with Crippen LogP contribution in [-0.4, -0.2) is 35.7 Å². The van der Waals surface area contributed by atoms with Gasteiger partial charge in [-0.15, -0.1) is 0 Å². The lowest BCUT2D eigenvalue weighted by molar-refractivity contribution is -0.143. The van der Waals surface area contributed by atoms with Crippen molar-refractivity contribution >= 4 is 17.2 Å². The fourth-order valence-corrected chi connectivity index (χ4v) is 0.936. The maximum atomic E-state index is 11.8. The Morgan fingerprint density at radius 1 is 1.50 bits per heavy atom. The van der Waals surface area contributed by atoms with E-state index >= 15 is 0 Å². The van der Waals surface area contributed by atoms with Gasteiger partial charge in [0, 0.05) is 6.54 Å². The zero-order chi connectivity index (χ0) is 9.78. The molecule has 0 amide bonds. The van der Waals surface area contributed by atoms with Gasteiger partial charge in [0.15, 0.2) is 0 Å². The van der Waals surface area contributed by atoms with E-state index in [1.54, 1.807) is 6.92 Å². The van der Waals surface area contributed by atoms with Gasteiger partial charge in [0.25, 0.3) is 0 Å². The SMILES string of the molecule is CCN(CC(N)=S)CC(F)(F)F. The third kappa shape index (κ3) is 6.36. The molecule has 0 bridgehead atoms. The zero-order valence-electron chi connectivity index (χ0n) is 6.69. The van der Waals surface area contributed by atoms with E-state index in [-0.39, 0.29) is 18.1 Å². The molecule has 0 aliphatic carbocycles. The number of likely N-dealkylation sites (N-methyl/N-ethyl adjacent to an activating group) is 1. The molecule has 0 aromatic carbocycles. The molecule has 0 aliphatic heterocycles. The van der Waals surface area contributed by atoms with Gasteiger partial charge in [-0.05, 0) is 6.54 Å². The topological polar surface area (TPSA) is 29.3 Å². The van der Waals surface area contributed by atoms with E-state index in [0.29, 0.717) is 0 Å². The Bertz CT molecular complexity index is 157. The largest absolute Gasteiger partial charge is 0.401 e. The molecule has 0 rings (SSSR count). The van der Waals surface area contributed by atoms with Crippen molar-refractivity contribution in [2.24, 2.45) is 5.73 Å². The van der Waals surface area contributed by atoms with E-state index in [2.05, 4.69) is 12.2 Å². The predicted molar refractivity (Wildman–Crippen MR) is 45.0 cm³/mol. The average Bonchev–Trinajstić information content (AvgIpc) is 1.82. The van der Waals surface area contributed by atoms with Crippen LogP contribution in [0.3, 0.4) is 0 Å². The van der Waals surface area contributed by atoms with Crippen LogP contribution >= 0.6 is 12.2 Å². The second-order valence-electron chi connectivity index (χ2n) is 2.38. The number of halogens is 3. The fraction of sp³-hybridized carbons (Fsp3) is 0.833. The van der Waals surface area contributed by atoms with Gasteiger partial charge < -0.3 is 5.73 Å². The van der Waals surface area contributed by atoms with Gasteiger partial charge in [-0.3, -0.25) is 4.90 Å². The molecule has 2 N–H and O–H groups in total. The molecule has 12 heavy (non-hydrogen) atoms. The molecule has 2 nitrogen and oxygen atoms in total. The summed E-state index contributed by atoms with van der Waals surface area (Å²) in [7, 11) is 0. The molecule has 0 fully saturated rings. The lowest BCUT2D eigenvalue weighted by Gasteiger charge is -2.20. The summed E-state index contributed by atoms with van der Waals surface area (Å²) < 4.78 is 35.5. The first-order valence-corrected chi connectivity index (χ1v) is 3.83. The number of hydrogen-bond acceptors (Lipinski definition) is 2. The number of hydrogen-bond donors (Lipinski definition) is 1. The molecular formula is C6H11F3N2S. The molecule has 0 aromatic rings. The van der Waals surface area contributed by atoms with Gasteiger partial charge in [-0.2, -0.15) is 13.2 Å². The van der Waals surface area contributed by atoms with Gasteiger partial charge in [0.1, 0.15) is 0 Å². The van der Waals surface area contributed by atoms with Crippen LogP contribution in [0.1, 0.15) is 6.92 Å². The van der Waals surface area contributed by atoms with Crippen molar-refractivity contribution in [3.63, 3.8) is 0 Å². The Morgan fingerprint density at radius 2 is 2.00 bits per heavy atom. The van der Waals surface area contributed by atoms with E-state index in [4.69, 9.17) is 5.73 Å². The molecule has 72 valence electrons. The molecule has 0 radical (unpaired) electrons. The molecule has 0 heterocycles.